The molecular weight excluding hydrogens is 340 g/mol. The van der Waals surface area contributed by atoms with Gasteiger partial charge in [-0.25, -0.2) is 0 Å². The van der Waals surface area contributed by atoms with E-state index in [-0.39, 0.29) is 5.91 Å². The third-order valence-electron chi connectivity index (χ3n) is 3.12. The number of hydrogen-bond donors (Lipinski definition) is 1. The second kappa shape index (κ2) is 9.44. The Hall–Kier alpha value is -1.86. The Morgan fingerprint density at radius 3 is 2.71 bits per heavy atom. The lowest BCUT2D eigenvalue weighted by Gasteiger charge is -2.23. The highest BCUT2D eigenvalue weighted by atomic mass is 32.2. The monoisotopic (exact) mass is 362 g/mol. The van der Waals surface area contributed by atoms with Gasteiger partial charge in [-0.05, 0) is 11.5 Å². The molecule has 2 aromatic rings. The second-order valence-corrected chi connectivity index (χ2v) is 7.93. The maximum absolute atomic E-state index is 12.5. The third-order valence-corrected chi connectivity index (χ3v) is 4.99. The molecule has 1 amide bonds. The highest BCUT2D eigenvalue weighted by molar-refractivity contribution is 8.01. The van der Waals surface area contributed by atoms with Gasteiger partial charge >= 0.3 is 0 Å². The standard InChI is InChI=1S/C17H22N4OS2/c1-13(2)11-21(10-6-9-14-7-4-3-5-8-14)15(22)12-23-17-20-19-16(18)24-17/h3-9,13H,10-12H2,1-2H3,(H2,18,19)/b9-6+. The summed E-state index contributed by atoms with van der Waals surface area (Å²) in [4.78, 5) is 14.4. The zero-order valence-electron chi connectivity index (χ0n) is 13.9. The minimum absolute atomic E-state index is 0.0974. The molecule has 0 spiro atoms. The Morgan fingerprint density at radius 1 is 1.33 bits per heavy atom. The van der Waals surface area contributed by atoms with E-state index in [1.165, 1.54) is 23.1 Å². The van der Waals surface area contributed by atoms with Crippen LogP contribution in [0.2, 0.25) is 0 Å². The van der Waals surface area contributed by atoms with Crippen LogP contribution in [0.3, 0.4) is 0 Å². The summed E-state index contributed by atoms with van der Waals surface area (Å²) in [5, 5.41) is 8.12. The molecule has 2 rings (SSSR count). The lowest BCUT2D eigenvalue weighted by atomic mass is 10.2. The molecule has 0 atom stereocenters. The molecule has 0 aliphatic carbocycles. The Labute approximate surface area is 151 Å². The predicted octanol–water partition coefficient (Wildman–Crippen LogP) is 3.41. The van der Waals surface area contributed by atoms with E-state index in [4.69, 9.17) is 5.73 Å². The predicted molar refractivity (Wildman–Crippen MR) is 102 cm³/mol. The van der Waals surface area contributed by atoms with E-state index in [1.807, 2.05) is 47.4 Å². The van der Waals surface area contributed by atoms with Crippen molar-refractivity contribution < 1.29 is 4.79 Å². The van der Waals surface area contributed by atoms with Gasteiger partial charge in [-0.1, -0.05) is 79.4 Å². The van der Waals surface area contributed by atoms with Crippen LogP contribution < -0.4 is 5.73 Å². The molecule has 0 aliphatic heterocycles. The van der Waals surface area contributed by atoms with Crippen molar-refractivity contribution >= 4 is 40.2 Å². The first-order chi connectivity index (χ1) is 11.5. The molecule has 0 radical (unpaired) electrons. The summed E-state index contributed by atoms with van der Waals surface area (Å²) in [6, 6.07) is 10.1. The number of benzene rings is 1. The van der Waals surface area contributed by atoms with Gasteiger partial charge in [0.25, 0.3) is 0 Å². The van der Waals surface area contributed by atoms with Crippen molar-refractivity contribution in [2.24, 2.45) is 5.92 Å². The summed E-state index contributed by atoms with van der Waals surface area (Å²) in [5.41, 5.74) is 6.69. The number of thioether (sulfide) groups is 1. The van der Waals surface area contributed by atoms with E-state index in [0.29, 0.717) is 23.3 Å². The van der Waals surface area contributed by atoms with Crippen molar-refractivity contribution in [1.82, 2.24) is 15.1 Å². The van der Waals surface area contributed by atoms with Crippen molar-refractivity contribution in [3.05, 3.63) is 42.0 Å². The number of rotatable bonds is 8. The average Bonchev–Trinajstić information content (AvgIpc) is 2.98. The fourth-order valence-corrected chi connectivity index (χ4v) is 3.63. The largest absolute Gasteiger partial charge is 0.374 e. The molecule has 5 nitrogen and oxygen atoms in total. The molecule has 0 fully saturated rings. The molecule has 24 heavy (non-hydrogen) atoms. The van der Waals surface area contributed by atoms with Crippen molar-refractivity contribution in [3.8, 4) is 0 Å². The molecule has 1 aromatic heterocycles. The van der Waals surface area contributed by atoms with Crippen LogP contribution in [0.1, 0.15) is 19.4 Å². The summed E-state index contributed by atoms with van der Waals surface area (Å²) in [7, 11) is 0. The van der Waals surface area contributed by atoms with Gasteiger partial charge in [-0.15, -0.1) is 10.2 Å². The molecule has 2 N–H and O–H groups in total. The van der Waals surface area contributed by atoms with Crippen molar-refractivity contribution in [3.63, 3.8) is 0 Å². The molecule has 7 heteroatoms. The van der Waals surface area contributed by atoms with Crippen LogP contribution in [0, 0.1) is 5.92 Å². The second-order valence-electron chi connectivity index (χ2n) is 5.70. The van der Waals surface area contributed by atoms with Gasteiger partial charge in [-0.2, -0.15) is 0 Å². The number of amides is 1. The number of carbonyl (C=O) groups excluding carboxylic acids is 1. The molecule has 0 saturated carbocycles. The van der Waals surface area contributed by atoms with Crippen LogP contribution in [0.15, 0.2) is 40.7 Å². The summed E-state index contributed by atoms with van der Waals surface area (Å²) >= 11 is 2.69. The van der Waals surface area contributed by atoms with Gasteiger partial charge in [0.15, 0.2) is 4.34 Å². The van der Waals surface area contributed by atoms with Gasteiger partial charge in [0.2, 0.25) is 11.0 Å². The molecular formula is C17H22N4OS2. The van der Waals surface area contributed by atoms with Crippen LogP contribution in [-0.4, -0.2) is 39.8 Å². The van der Waals surface area contributed by atoms with Gasteiger partial charge in [-0.3, -0.25) is 4.79 Å². The summed E-state index contributed by atoms with van der Waals surface area (Å²) in [6.45, 7) is 5.56. The quantitative estimate of drug-likeness (QED) is 0.729. The Bertz CT molecular complexity index is 670. The molecule has 0 saturated heterocycles. The first kappa shape index (κ1) is 18.5. The maximum Gasteiger partial charge on any atom is 0.233 e. The van der Waals surface area contributed by atoms with Gasteiger partial charge < -0.3 is 10.6 Å². The van der Waals surface area contributed by atoms with Gasteiger partial charge in [0.1, 0.15) is 0 Å². The topological polar surface area (TPSA) is 72.1 Å². The number of carbonyl (C=O) groups is 1. The zero-order valence-corrected chi connectivity index (χ0v) is 15.5. The SMILES string of the molecule is CC(C)CN(C/C=C/c1ccccc1)C(=O)CSc1nnc(N)s1. The van der Waals surface area contributed by atoms with E-state index < -0.39 is 0 Å². The third kappa shape index (κ3) is 6.33. The van der Waals surface area contributed by atoms with E-state index >= 15 is 0 Å². The number of hydrogen-bond acceptors (Lipinski definition) is 6. The molecule has 0 bridgehead atoms. The minimum atomic E-state index is 0.0974. The summed E-state index contributed by atoms with van der Waals surface area (Å²) in [6.07, 6.45) is 4.07. The number of aromatic nitrogens is 2. The number of nitrogen functional groups attached to an aromatic ring is 1. The van der Waals surface area contributed by atoms with Crippen LogP contribution in [0.4, 0.5) is 5.13 Å². The fourth-order valence-electron chi connectivity index (χ4n) is 2.09. The summed E-state index contributed by atoms with van der Waals surface area (Å²) < 4.78 is 0.727. The van der Waals surface area contributed by atoms with E-state index in [9.17, 15) is 4.79 Å². The maximum atomic E-state index is 12.5. The highest BCUT2D eigenvalue weighted by Crippen LogP contribution is 2.23. The lowest BCUT2D eigenvalue weighted by molar-refractivity contribution is -0.128. The Kier molecular flexibility index (Phi) is 7.27. The first-order valence-electron chi connectivity index (χ1n) is 7.75. The Morgan fingerprint density at radius 2 is 2.08 bits per heavy atom. The highest BCUT2D eigenvalue weighted by Gasteiger charge is 2.15. The van der Waals surface area contributed by atoms with Gasteiger partial charge in [0.05, 0.1) is 5.75 Å². The van der Waals surface area contributed by atoms with Crippen molar-refractivity contribution in [2.45, 2.75) is 18.2 Å². The molecule has 1 heterocycles. The summed E-state index contributed by atoms with van der Waals surface area (Å²) in [5.74, 6) is 0.863. The molecule has 1 aromatic carbocycles. The van der Waals surface area contributed by atoms with Crippen LogP contribution in [-0.2, 0) is 4.79 Å². The number of nitrogens with two attached hydrogens (primary N) is 1. The van der Waals surface area contributed by atoms with Crippen LogP contribution >= 0.6 is 23.1 Å². The zero-order chi connectivity index (χ0) is 17.4. The smallest absolute Gasteiger partial charge is 0.233 e. The van der Waals surface area contributed by atoms with Crippen LogP contribution in [0.25, 0.3) is 6.08 Å². The first-order valence-corrected chi connectivity index (χ1v) is 9.56. The molecule has 0 aliphatic rings. The molecule has 128 valence electrons. The van der Waals surface area contributed by atoms with E-state index in [2.05, 4.69) is 24.0 Å². The fraction of sp³-hybridized carbons (Fsp3) is 0.353. The number of anilines is 1. The molecule has 0 unspecified atom stereocenters. The lowest BCUT2D eigenvalue weighted by Crippen LogP contribution is -2.35. The Balaban J connectivity index is 1.91. The van der Waals surface area contributed by atoms with E-state index in [1.54, 1.807) is 0 Å². The normalized spacial score (nSPS) is 11.3. The minimum Gasteiger partial charge on any atom is -0.374 e. The van der Waals surface area contributed by atoms with Crippen molar-refractivity contribution in [1.29, 1.82) is 0 Å². The van der Waals surface area contributed by atoms with E-state index in [0.717, 1.165) is 16.4 Å². The van der Waals surface area contributed by atoms with Crippen LogP contribution in [0.5, 0.6) is 0 Å². The average molecular weight is 363 g/mol. The number of nitrogens with zero attached hydrogens (tertiary/aromatic N) is 3. The van der Waals surface area contributed by atoms with Gasteiger partial charge in [0, 0.05) is 13.1 Å². The van der Waals surface area contributed by atoms with Crippen molar-refractivity contribution in [2.75, 3.05) is 24.6 Å².